The molecule has 1 nitrogen and oxygen atoms in total. The van der Waals surface area contributed by atoms with Crippen molar-refractivity contribution in [3.63, 3.8) is 0 Å². The van der Waals surface area contributed by atoms with Gasteiger partial charge in [0.1, 0.15) is 0 Å². The van der Waals surface area contributed by atoms with Crippen LogP contribution in [-0.2, 0) is 5.60 Å². The van der Waals surface area contributed by atoms with E-state index in [9.17, 15) is 5.11 Å². The minimum Gasteiger partial charge on any atom is -0.385 e. The maximum atomic E-state index is 10.6. The van der Waals surface area contributed by atoms with E-state index in [0.29, 0.717) is 5.92 Å². The normalized spacial score (nSPS) is 35.1. The van der Waals surface area contributed by atoms with Crippen molar-refractivity contribution in [1.29, 1.82) is 0 Å². The van der Waals surface area contributed by atoms with Crippen LogP contribution in [0.2, 0.25) is 0 Å². The Morgan fingerprint density at radius 2 is 2.00 bits per heavy atom. The van der Waals surface area contributed by atoms with Crippen LogP contribution in [0.4, 0.5) is 0 Å². The highest BCUT2D eigenvalue weighted by Gasteiger charge is 2.49. The molecule has 1 N–H and O–H groups in total. The zero-order chi connectivity index (χ0) is 9.60. The van der Waals surface area contributed by atoms with E-state index in [4.69, 9.17) is 0 Å². The molecule has 1 fully saturated rings. The Hall–Kier alpha value is -0.820. The molecule has 0 spiro atoms. The molecule has 3 rings (SSSR count). The van der Waals surface area contributed by atoms with Crippen molar-refractivity contribution in [2.45, 2.75) is 43.6 Å². The Morgan fingerprint density at radius 1 is 1.14 bits per heavy atom. The lowest BCUT2D eigenvalue weighted by molar-refractivity contribution is -0.0270. The van der Waals surface area contributed by atoms with E-state index in [-0.39, 0.29) is 0 Å². The first kappa shape index (κ1) is 8.49. The summed E-state index contributed by atoms with van der Waals surface area (Å²) in [4.78, 5) is 0. The molecule has 0 aliphatic heterocycles. The van der Waals surface area contributed by atoms with Gasteiger partial charge in [-0.05, 0) is 24.0 Å². The van der Waals surface area contributed by atoms with Crippen molar-refractivity contribution in [2.75, 3.05) is 0 Å². The van der Waals surface area contributed by atoms with Gasteiger partial charge >= 0.3 is 0 Å². The fourth-order valence-corrected chi connectivity index (χ4v) is 3.19. The van der Waals surface area contributed by atoms with Crippen LogP contribution >= 0.6 is 0 Å². The number of aliphatic hydroxyl groups is 1. The highest BCUT2D eigenvalue weighted by molar-refractivity contribution is 5.47. The van der Waals surface area contributed by atoms with Gasteiger partial charge in [0.15, 0.2) is 0 Å². The third kappa shape index (κ3) is 0.936. The molecule has 14 heavy (non-hydrogen) atoms. The number of hydrogen-bond acceptors (Lipinski definition) is 1. The largest absolute Gasteiger partial charge is 0.385 e. The van der Waals surface area contributed by atoms with E-state index in [2.05, 4.69) is 18.2 Å². The van der Waals surface area contributed by atoms with Gasteiger partial charge in [-0.15, -0.1) is 0 Å². The molecule has 2 aliphatic rings. The molecule has 0 heterocycles. The van der Waals surface area contributed by atoms with Crippen LogP contribution in [-0.4, -0.2) is 5.11 Å². The fraction of sp³-hybridized carbons (Fsp3) is 0.538. The summed E-state index contributed by atoms with van der Waals surface area (Å²) in [5.41, 5.74) is 2.14. The topological polar surface area (TPSA) is 20.2 Å². The zero-order valence-corrected chi connectivity index (χ0v) is 8.37. The van der Waals surface area contributed by atoms with Crippen molar-refractivity contribution in [1.82, 2.24) is 0 Å². The lowest BCUT2D eigenvalue weighted by atomic mass is 9.62. The molecule has 0 saturated heterocycles. The SMILES string of the molecule is OC12CCCCCC1c1ccccc12. The third-order valence-corrected chi connectivity index (χ3v) is 3.93. The highest BCUT2D eigenvalue weighted by Crippen LogP contribution is 2.56. The molecule has 0 aromatic heterocycles. The quantitative estimate of drug-likeness (QED) is 0.663. The molecule has 0 bridgehead atoms. The van der Waals surface area contributed by atoms with E-state index >= 15 is 0 Å². The average molecular weight is 188 g/mol. The maximum absolute atomic E-state index is 10.6. The Kier molecular flexibility index (Phi) is 1.72. The molecule has 74 valence electrons. The lowest BCUT2D eigenvalue weighted by Gasteiger charge is -2.47. The minimum atomic E-state index is -0.465. The zero-order valence-electron chi connectivity index (χ0n) is 8.37. The second-order valence-corrected chi connectivity index (χ2v) is 4.66. The molecular weight excluding hydrogens is 172 g/mol. The predicted octanol–water partition coefficient (Wildman–Crippen LogP) is 2.94. The first-order valence-corrected chi connectivity index (χ1v) is 5.64. The molecule has 2 unspecified atom stereocenters. The molecule has 1 saturated carbocycles. The summed E-state index contributed by atoms with van der Waals surface area (Å²) in [6.45, 7) is 0. The van der Waals surface area contributed by atoms with Crippen LogP contribution in [0.1, 0.15) is 49.1 Å². The second kappa shape index (κ2) is 2.83. The van der Waals surface area contributed by atoms with Gasteiger partial charge in [0.25, 0.3) is 0 Å². The van der Waals surface area contributed by atoms with Crippen LogP contribution in [0, 0.1) is 0 Å². The van der Waals surface area contributed by atoms with Crippen LogP contribution in [0.3, 0.4) is 0 Å². The molecule has 2 aliphatic carbocycles. The first-order valence-electron chi connectivity index (χ1n) is 5.64. The summed E-state index contributed by atoms with van der Waals surface area (Å²) >= 11 is 0. The van der Waals surface area contributed by atoms with Gasteiger partial charge in [-0.2, -0.15) is 0 Å². The van der Waals surface area contributed by atoms with E-state index in [1.807, 2.05) is 6.07 Å². The van der Waals surface area contributed by atoms with Crippen molar-refractivity contribution in [3.05, 3.63) is 35.4 Å². The van der Waals surface area contributed by atoms with Crippen LogP contribution in [0.15, 0.2) is 24.3 Å². The Balaban J connectivity index is 2.06. The molecule has 1 aromatic carbocycles. The van der Waals surface area contributed by atoms with E-state index in [1.165, 1.54) is 36.8 Å². The maximum Gasteiger partial charge on any atom is 0.0967 e. The number of rotatable bonds is 0. The van der Waals surface area contributed by atoms with E-state index < -0.39 is 5.60 Å². The van der Waals surface area contributed by atoms with Crippen molar-refractivity contribution in [2.24, 2.45) is 0 Å². The van der Waals surface area contributed by atoms with Gasteiger partial charge in [0, 0.05) is 5.92 Å². The van der Waals surface area contributed by atoms with Gasteiger partial charge in [0.2, 0.25) is 0 Å². The monoisotopic (exact) mass is 188 g/mol. The van der Waals surface area contributed by atoms with Crippen LogP contribution in [0.25, 0.3) is 0 Å². The van der Waals surface area contributed by atoms with Gasteiger partial charge in [-0.3, -0.25) is 0 Å². The predicted molar refractivity (Wildman–Crippen MR) is 56.2 cm³/mol. The van der Waals surface area contributed by atoms with Crippen LogP contribution < -0.4 is 0 Å². The molecule has 0 amide bonds. The Morgan fingerprint density at radius 3 is 2.93 bits per heavy atom. The Bertz CT molecular complexity index is 358. The van der Waals surface area contributed by atoms with Gasteiger partial charge in [-0.25, -0.2) is 0 Å². The molecule has 1 aromatic rings. The number of benzene rings is 1. The molecule has 2 atom stereocenters. The molecule has 1 heteroatoms. The summed E-state index contributed by atoms with van der Waals surface area (Å²) in [6.07, 6.45) is 5.89. The number of hydrogen-bond donors (Lipinski definition) is 1. The van der Waals surface area contributed by atoms with E-state index in [1.54, 1.807) is 0 Å². The second-order valence-electron chi connectivity index (χ2n) is 4.66. The van der Waals surface area contributed by atoms with Gasteiger partial charge in [0.05, 0.1) is 5.60 Å². The summed E-state index contributed by atoms with van der Waals surface area (Å²) in [5, 5.41) is 10.6. The van der Waals surface area contributed by atoms with Gasteiger partial charge < -0.3 is 5.11 Å². The third-order valence-electron chi connectivity index (χ3n) is 3.93. The average Bonchev–Trinajstić information content (AvgIpc) is 2.37. The van der Waals surface area contributed by atoms with Crippen molar-refractivity contribution >= 4 is 0 Å². The lowest BCUT2D eigenvalue weighted by Crippen LogP contribution is -2.42. The first-order chi connectivity index (χ1) is 6.82. The van der Waals surface area contributed by atoms with Gasteiger partial charge in [-0.1, -0.05) is 43.5 Å². The highest BCUT2D eigenvalue weighted by atomic mass is 16.3. The van der Waals surface area contributed by atoms with Crippen molar-refractivity contribution < 1.29 is 5.11 Å². The summed E-state index contributed by atoms with van der Waals surface area (Å²) in [6, 6.07) is 8.40. The minimum absolute atomic E-state index is 0.432. The molecular formula is C13H16O. The summed E-state index contributed by atoms with van der Waals surface area (Å²) < 4.78 is 0. The van der Waals surface area contributed by atoms with Crippen molar-refractivity contribution in [3.8, 4) is 0 Å². The molecule has 0 radical (unpaired) electrons. The standard InChI is InChI=1S/C13H16O/c14-13-9-5-1-2-7-11(13)10-6-3-4-8-12(10)13/h3-4,6,8,11,14H,1-2,5,7,9H2. The Labute approximate surface area is 84.8 Å². The van der Waals surface area contributed by atoms with E-state index in [0.717, 1.165) is 6.42 Å². The summed E-state index contributed by atoms with van der Waals surface area (Å²) in [7, 11) is 0. The summed E-state index contributed by atoms with van der Waals surface area (Å²) in [5.74, 6) is 0.432. The smallest absolute Gasteiger partial charge is 0.0967 e. The number of fused-ring (bicyclic) bond motifs is 4. The van der Waals surface area contributed by atoms with Crippen LogP contribution in [0.5, 0.6) is 0 Å². The fourth-order valence-electron chi connectivity index (χ4n) is 3.19.